The van der Waals surface area contributed by atoms with Crippen LogP contribution in [0.15, 0.2) is 24.3 Å². The summed E-state index contributed by atoms with van der Waals surface area (Å²) in [5, 5.41) is 23.0. The molecule has 0 aromatic heterocycles. The van der Waals surface area contributed by atoms with Crippen molar-refractivity contribution < 1.29 is 57.4 Å². The molecule has 2 N–H and O–H groups in total. The summed E-state index contributed by atoms with van der Waals surface area (Å²) in [5.41, 5.74) is -2.81. The number of hydrogen-bond donors (Lipinski definition) is 2. The number of Topliss-reactive ketones (excluding diaryl/α,β-unsaturated/α-hetero) is 1. The third kappa shape index (κ3) is 10.5. The standard InChI is InChI=1S/C41H62FNO11/c1-13-19-43(10)30-20-24(4)51-39(35(30)49-11)54-37-26(6)34(53-32(44)21-28-15-17-29(42)18-16-28)27(7)38(47)52-31(14-2)41(9,48)36(46)25(5)33(45)23(3)22-40(37,8)50-12/h1,15-18,23-27,30-31,34-37,39,46,48H,14,19-22H2,2-12H3/t23-,24+,25-,26+,27-,30-,31-,34+,35+,36-,37-,39?,40-,41-/m1/s1. The Morgan fingerprint density at radius 2 is 1.70 bits per heavy atom. The quantitative estimate of drug-likeness (QED) is 0.261. The lowest BCUT2D eigenvalue weighted by Gasteiger charge is -2.49. The van der Waals surface area contributed by atoms with Gasteiger partial charge in [0.15, 0.2) is 6.29 Å². The Bertz CT molecular complexity index is 1450. The molecule has 2 heterocycles. The predicted octanol–water partition coefficient (Wildman–Crippen LogP) is 4.10. The van der Waals surface area contributed by atoms with E-state index in [4.69, 9.17) is 34.8 Å². The van der Waals surface area contributed by atoms with Crippen LogP contribution in [0.5, 0.6) is 0 Å². The van der Waals surface area contributed by atoms with Crippen LogP contribution in [-0.4, -0.2) is 121 Å². The van der Waals surface area contributed by atoms with E-state index < -0.39 is 89.4 Å². The third-order valence-corrected chi connectivity index (χ3v) is 11.5. The Morgan fingerprint density at radius 1 is 1.07 bits per heavy atom. The van der Waals surface area contributed by atoms with E-state index in [0.29, 0.717) is 18.5 Å². The highest BCUT2D eigenvalue weighted by atomic mass is 19.1. The summed E-state index contributed by atoms with van der Waals surface area (Å²) in [6, 6.07) is 5.21. The number of hydrogen-bond acceptors (Lipinski definition) is 12. The van der Waals surface area contributed by atoms with Crippen molar-refractivity contribution in [2.45, 2.75) is 141 Å². The fourth-order valence-electron chi connectivity index (χ4n) is 8.18. The molecule has 0 radical (unpaired) electrons. The van der Waals surface area contributed by atoms with Gasteiger partial charge >= 0.3 is 11.9 Å². The van der Waals surface area contributed by atoms with Crippen molar-refractivity contribution in [3.63, 3.8) is 0 Å². The van der Waals surface area contributed by atoms with Crippen molar-refractivity contribution in [1.82, 2.24) is 4.90 Å². The minimum Gasteiger partial charge on any atom is -0.461 e. The number of benzene rings is 1. The highest BCUT2D eigenvalue weighted by molar-refractivity contribution is 5.83. The Hall–Kier alpha value is -2.96. The number of terminal acetylenes is 1. The highest BCUT2D eigenvalue weighted by Crippen LogP contribution is 2.40. The van der Waals surface area contributed by atoms with Gasteiger partial charge in [-0.15, -0.1) is 6.42 Å². The number of ether oxygens (including phenoxy) is 6. The molecule has 54 heavy (non-hydrogen) atoms. The van der Waals surface area contributed by atoms with E-state index in [-0.39, 0.29) is 37.2 Å². The number of ketones is 1. The largest absolute Gasteiger partial charge is 0.461 e. The fourth-order valence-corrected chi connectivity index (χ4v) is 8.18. The minimum absolute atomic E-state index is 0.0726. The molecule has 2 fully saturated rings. The van der Waals surface area contributed by atoms with Crippen molar-refractivity contribution in [1.29, 1.82) is 0 Å². The second-order valence-corrected chi connectivity index (χ2v) is 15.7. The van der Waals surface area contributed by atoms with Crippen molar-refractivity contribution in [2.75, 3.05) is 27.8 Å². The number of cyclic esters (lactones) is 1. The molecule has 304 valence electrons. The van der Waals surface area contributed by atoms with Gasteiger partial charge in [0, 0.05) is 38.0 Å². The molecule has 3 rings (SSSR count). The molecule has 0 saturated carbocycles. The van der Waals surface area contributed by atoms with Gasteiger partial charge in [-0.2, -0.15) is 0 Å². The van der Waals surface area contributed by atoms with Crippen LogP contribution in [0, 0.1) is 41.8 Å². The number of methoxy groups -OCH3 is 2. The van der Waals surface area contributed by atoms with E-state index in [1.165, 1.54) is 45.2 Å². The van der Waals surface area contributed by atoms with Crippen molar-refractivity contribution in [3.05, 3.63) is 35.6 Å². The zero-order valence-electron chi connectivity index (χ0n) is 33.7. The fraction of sp³-hybridized carbons (Fsp3) is 0.732. The summed E-state index contributed by atoms with van der Waals surface area (Å²) in [6.07, 6.45) is -0.728. The average Bonchev–Trinajstić information content (AvgIpc) is 3.13. The number of aliphatic hydroxyl groups excluding tert-OH is 1. The molecule has 1 aromatic carbocycles. The van der Waals surface area contributed by atoms with Crippen molar-refractivity contribution in [3.8, 4) is 12.3 Å². The first-order valence-electron chi connectivity index (χ1n) is 18.9. The summed E-state index contributed by atoms with van der Waals surface area (Å²) in [7, 11) is 4.92. The van der Waals surface area contributed by atoms with Crippen LogP contribution in [0.4, 0.5) is 4.39 Å². The molecule has 0 aliphatic carbocycles. The Kier molecular flexibility index (Phi) is 16.2. The average molecular weight is 764 g/mol. The van der Waals surface area contributed by atoms with Crippen LogP contribution < -0.4 is 0 Å². The lowest BCUT2D eigenvalue weighted by atomic mass is 9.74. The third-order valence-electron chi connectivity index (χ3n) is 11.5. The topological polar surface area (TPSA) is 150 Å². The maximum atomic E-state index is 14.1. The normalized spacial score (nSPS) is 38.6. The van der Waals surface area contributed by atoms with Crippen LogP contribution in [0.25, 0.3) is 0 Å². The second kappa shape index (κ2) is 19.3. The molecule has 2 aliphatic rings. The molecule has 2 aliphatic heterocycles. The molecule has 2 saturated heterocycles. The number of aliphatic hydroxyl groups is 2. The molecule has 13 heteroatoms. The van der Waals surface area contributed by atoms with Gasteiger partial charge < -0.3 is 38.6 Å². The Balaban J connectivity index is 2.21. The molecule has 14 atom stereocenters. The van der Waals surface area contributed by atoms with Gasteiger partial charge in [-0.3, -0.25) is 19.3 Å². The van der Waals surface area contributed by atoms with Gasteiger partial charge in [0.2, 0.25) is 0 Å². The zero-order chi connectivity index (χ0) is 40.7. The smallest absolute Gasteiger partial charge is 0.312 e. The van der Waals surface area contributed by atoms with Crippen LogP contribution in [0.3, 0.4) is 0 Å². The Morgan fingerprint density at radius 3 is 2.26 bits per heavy atom. The first-order valence-corrected chi connectivity index (χ1v) is 18.9. The van der Waals surface area contributed by atoms with E-state index in [1.54, 1.807) is 41.7 Å². The molecule has 1 aromatic rings. The van der Waals surface area contributed by atoms with Crippen LogP contribution in [-0.2, 0) is 49.2 Å². The molecule has 0 bridgehead atoms. The zero-order valence-corrected chi connectivity index (χ0v) is 33.7. The molecule has 0 spiro atoms. The van der Waals surface area contributed by atoms with Crippen LogP contribution in [0.1, 0.15) is 80.2 Å². The van der Waals surface area contributed by atoms with Gasteiger partial charge in [0.25, 0.3) is 0 Å². The lowest BCUT2D eigenvalue weighted by Crippen LogP contribution is -2.61. The maximum absolute atomic E-state index is 14.1. The van der Waals surface area contributed by atoms with E-state index in [0.717, 1.165) is 0 Å². The van der Waals surface area contributed by atoms with E-state index in [2.05, 4.69) is 5.92 Å². The minimum atomic E-state index is -2.01. The van der Waals surface area contributed by atoms with Gasteiger partial charge in [-0.25, -0.2) is 4.39 Å². The van der Waals surface area contributed by atoms with Crippen LogP contribution in [0.2, 0.25) is 0 Å². The summed E-state index contributed by atoms with van der Waals surface area (Å²) in [5.74, 6) is -3.38. The SMILES string of the molecule is C#CCN(C)[C@@H]1C[C@H](C)OC(O[C@@H]2[C@@H](C)[C@H](OC(=O)Cc3ccc(F)cc3)[C@@H](C)C(=O)O[C@H](CC)[C@@](C)(O)[C@H](O)[C@H](C)C(=O)[C@H](C)C[C@@]2(C)OC)[C@H]1OC. The maximum Gasteiger partial charge on any atom is 0.312 e. The van der Waals surface area contributed by atoms with Gasteiger partial charge in [-0.05, 0) is 71.7 Å². The summed E-state index contributed by atoms with van der Waals surface area (Å²) in [4.78, 5) is 43.7. The van der Waals surface area contributed by atoms with Crippen molar-refractivity contribution >= 4 is 17.7 Å². The van der Waals surface area contributed by atoms with Gasteiger partial charge in [-0.1, -0.05) is 45.7 Å². The lowest BCUT2D eigenvalue weighted by molar-refractivity contribution is -0.305. The van der Waals surface area contributed by atoms with Gasteiger partial charge in [0.1, 0.15) is 35.5 Å². The molecular weight excluding hydrogens is 701 g/mol. The Labute approximate surface area is 320 Å². The number of likely N-dealkylation sites (N-methyl/N-ethyl adjacent to an activating group) is 1. The number of carbonyl (C=O) groups excluding carboxylic acids is 3. The van der Waals surface area contributed by atoms with Gasteiger partial charge in [0.05, 0.1) is 42.8 Å². The van der Waals surface area contributed by atoms with Crippen molar-refractivity contribution in [2.24, 2.45) is 23.7 Å². The summed E-state index contributed by atoms with van der Waals surface area (Å²) >= 11 is 0. The number of rotatable bonds is 10. The van der Waals surface area contributed by atoms with E-state index in [1.807, 2.05) is 18.9 Å². The first-order chi connectivity index (χ1) is 25.3. The molecular formula is C41H62FNO11. The number of carbonyl (C=O) groups is 3. The number of nitrogens with zero attached hydrogens (tertiary/aromatic N) is 1. The van der Waals surface area contributed by atoms with E-state index >= 15 is 0 Å². The van der Waals surface area contributed by atoms with Crippen LogP contribution >= 0.6 is 0 Å². The number of esters is 2. The predicted molar refractivity (Wildman–Crippen MR) is 198 cm³/mol. The summed E-state index contributed by atoms with van der Waals surface area (Å²) in [6.45, 7) is 13.6. The molecule has 12 nitrogen and oxygen atoms in total. The molecule has 0 amide bonds. The highest BCUT2D eigenvalue weighted by Gasteiger charge is 2.53. The first kappa shape index (κ1) is 45.4. The van der Waals surface area contributed by atoms with E-state index in [9.17, 15) is 29.0 Å². The monoisotopic (exact) mass is 763 g/mol. The number of halogens is 1. The summed E-state index contributed by atoms with van der Waals surface area (Å²) < 4.78 is 51.3. The molecule has 1 unspecified atom stereocenters. The second-order valence-electron chi connectivity index (χ2n) is 15.7.